The van der Waals surface area contributed by atoms with E-state index in [0.717, 1.165) is 16.7 Å². The van der Waals surface area contributed by atoms with Gasteiger partial charge in [-0.25, -0.2) is 4.79 Å². The van der Waals surface area contributed by atoms with Gasteiger partial charge in [0.2, 0.25) is 0 Å². The van der Waals surface area contributed by atoms with E-state index in [1.165, 1.54) is 0 Å². The minimum Gasteiger partial charge on any atom is -0.490 e. The van der Waals surface area contributed by atoms with Crippen LogP contribution in [-0.4, -0.2) is 18.7 Å². The van der Waals surface area contributed by atoms with E-state index in [1.807, 2.05) is 24.3 Å². The third-order valence-corrected chi connectivity index (χ3v) is 2.10. The molecule has 0 saturated carbocycles. The van der Waals surface area contributed by atoms with Crippen molar-refractivity contribution in [3.63, 3.8) is 0 Å². The number of rotatable bonds is 5. The summed E-state index contributed by atoms with van der Waals surface area (Å²) >= 11 is 4.16. The van der Waals surface area contributed by atoms with E-state index >= 15 is 0 Å². The van der Waals surface area contributed by atoms with Gasteiger partial charge in [-0.3, -0.25) is 0 Å². The zero-order chi connectivity index (χ0) is 12.0. The minimum absolute atomic E-state index is 0.304. The minimum atomic E-state index is -0.443. The lowest BCUT2D eigenvalue weighted by Crippen LogP contribution is -2.20. The van der Waals surface area contributed by atoms with Gasteiger partial charge < -0.3 is 9.47 Å². The molecule has 3 nitrogen and oxygen atoms in total. The second kappa shape index (κ2) is 6.23. The van der Waals surface area contributed by atoms with Gasteiger partial charge in [0.1, 0.15) is 18.5 Å². The molecule has 1 aromatic carbocycles. The quantitative estimate of drug-likeness (QED) is 0.486. The van der Waals surface area contributed by atoms with Crippen LogP contribution in [0.1, 0.15) is 6.92 Å². The predicted molar refractivity (Wildman–Crippen MR) is 64.9 cm³/mol. The van der Waals surface area contributed by atoms with Gasteiger partial charge in [0, 0.05) is 11.0 Å². The van der Waals surface area contributed by atoms with Crippen molar-refractivity contribution in [2.45, 2.75) is 17.9 Å². The lowest BCUT2D eigenvalue weighted by atomic mass is 10.3. The van der Waals surface area contributed by atoms with E-state index < -0.39 is 5.97 Å². The molecule has 0 saturated heterocycles. The summed E-state index contributed by atoms with van der Waals surface area (Å²) in [5.41, 5.74) is 0. The Bertz CT molecular complexity index is 359. The largest absolute Gasteiger partial charge is 0.490 e. The Morgan fingerprint density at radius 1 is 1.50 bits per heavy atom. The maximum absolute atomic E-state index is 10.9. The Kier molecular flexibility index (Phi) is 4.92. The second-order valence-electron chi connectivity index (χ2n) is 3.26. The first-order valence-corrected chi connectivity index (χ1v) is 5.31. The molecule has 0 fully saturated rings. The van der Waals surface area contributed by atoms with Crippen LogP contribution in [0.15, 0.2) is 41.8 Å². The third-order valence-electron chi connectivity index (χ3n) is 1.81. The first kappa shape index (κ1) is 12.6. The van der Waals surface area contributed by atoms with E-state index in [-0.39, 0.29) is 6.10 Å². The van der Waals surface area contributed by atoms with Crippen LogP contribution in [0.2, 0.25) is 0 Å². The first-order valence-electron chi connectivity index (χ1n) is 4.86. The lowest BCUT2D eigenvalue weighted by molar-refractivity contribution is -0.143. The van der Waals surface area contributed by atoms with Gasteiger partial charge in [0.25, 0.3) is 0 Å². The molecule has 0 aliphatic carbocycles. The second-order valence-corrected chi connectivity index (χ2v) is 3.77. The Balaban J connectivity index is 2.36. The summed E-state index contributed by atoms with van der Waals surface area (Å²) in [6.07, 6.45) is 0.827. The zero-order valence-electron chi connectivity index (χ0n) is 9.05. The van der Waals surface area contributed by atoms with E-state index in [4.69, 9.17) is 9.47 Å². The number of carbonyl (C=O) groups excluding carboxylic acids is 1. The highest BCUT2D eigenvalue weighted by molar-refractivity contribution is 7.80. The van der Waals surface area contributed by atoms with Crippen LogP contribution in [0.25, 0.3) is 0 Å². The standard InChI is InChI=1S/C12H14O3S/c1-3-12(13)15-9(2)8-14-10-4-6-11(16)7-5-10/h3-7,9,16H,1,8H2,2H3. The van der Waals surface area contributed by atoms with Gasteiger partial charge in [0.15, 0.2) is 0 Å². The molecule has 0 heterocycles. The fourth-order valence-electron chi connectivity index (χ4n) is 1.04. The molecule has 1 atom stereocenters. The Hall–Kier alpha value is -1.42. The highest BCUT2D eigenvalue weighted by atomic mass is 32.1. The molecule has 0 N–H and O–H groups in total. The highest BCUT2D eigenvalue weighted by Crippen LogP contribution is 2.14. The van der Waals surface area contributed by atoms with E-state index in [0.29, 0.717) is 6.61 Å². The molecule has 0 bridgehead atoms. The summed E-state index contributed by atoms with van der Waals surface area (Å²) in [6.45, 7) is 5.39. The molecular weight excluding hydrogens is 224 g/mol. The van der Waals surface area contributed by atoms with Crippen LogP contribution in [-0.2, 0) is 9.53 Å². The third kappa shape index (κ3) is 4.40. The number of esters is 1. The number of ether oxygens (including phenoxy) is 2. The van der Waals surface area contributed by atoms with Crippen LogP contribution >= 0.6 is 12.6 Å². The van der Waals surface area contributed by atoms with Gasteiger partial charge in [-0.15, -0.1) is 12.6 Å². The Morgan fingerprint density at radius 2 is 2.12 bits per heavy atom. The van der Waals surface area contributed by atoms with Crippen molar-refractivity contribution in [2.75, 3.05) is 6.61 Å². The van der Waals surface area contributed by atoms with Gasteiger partial charge in [-0.05, 0) is 31.2 Å². The molecule has 16 heavy (non-hydrogen) atoms. The normalized spacial score (nSPS) is 11.6. The number of carbonyl (C=O) groups is 1. The molecule has 1 unspecified atom stereocenters. The molecule has 1 rings (SSSR count). The number of hydrogen-bond donors (Lipinski definition) is 1. The summed E-state index contributed by atoms with van der Waals surface area (Å²) < 4.78 is 10.4. The Morgan fingerprint density at radius 3 is 2.69 bits per heavy atom. The SMILES string of the molecule is C=CC(=O)OC(C)COc1ccc(S)cc1. The monoisotopic (exact) mass is 238 g/mol. The van der Waals surface area contributed by atoms with E-state index in [1.54, 1.807) is 6.92 Å². The molecule has 0 aromatic heterocycles. The van der Waals surface area contributed by atoms with Crippen molar-refractivity contribution in [1.29, 1.82) is 0 Å². The summed E-state index contributed by atoms with van der Waals surface area (Å²) in [4.78, 5) is 11.7. The van der Waals surface area contributed by atoms with Gasteiger partial charge in [-0.2, -0.15) is 0 Å². The molecule has 0 amide bonds. The molecule has 0 radical (unpaired) electrons. The van der Waals surface area contributed by atoms with Gasteiger partial charge in [0.05, 0.1) is 0 Å². The van der Waals surface area contributed by atoms with Crippen LogP contribution in [0.3, 0.4) is 0 Å². The summed E-state index contributed by atoms with van der Waals surface area (Å²) in [6, 6.07) is 7.28. The fraction of sp³-hybridized carbons (Fsp3) is 0.250. The first-order chi connectivity index (χ1) is 7.61. The lowest BCUT2D eigenvalue weighted by Gasteiger charge is -2.13. The van der Waals surface area contributed by atoms with Crippen molar-refractivity contribution in [2.24, 2.45) is 0 Å². The van der Waals surface area contributed by atoms with Crippen LogP contribution in [0, 0.1) is 0 Å². The van der Waals surface area contributed by atoms with Crippen molar-refractivity contribution < 1.29 is 14.3 Å². The number of benzene rings is 1. The van der Waals surface area contributed by atoms with Crippen molar-refractivity contribution in [1.82, 2.24) is 0 Å². The summed E-state index contributed by atoms with van der Waals surface area (Å²) in [5, 5.41) is 0. The van der Waals surface area contributed by atoms with Crippen molar-refractivity contribution in [3.05, 3.63) is 36.9 Å². The van der Waals surface area contributed by atoms with Crippen LogP contribution < -0.4 is 4.74 Å². The smallest absolute Gasteiger partial charge is 0.330 e. The fourth-order valence-corrected chi connectivity index (χ4v) is 1.19. The molecule has 1 aromatic rings. The van der Waals surface area contributed by atoms with Crippen molar-refractivity contribution >= 4 is 18.6 Å². The maximum Gasteiger partial charge on any atom is 0.330 e. The Labute approximate surface area is 100 Å². The van der Waals surface area contributed by atoms with E-state index in [9.17, 15) is 4.79 Å². The molecule has 86 valence electrons. The number of thiol groups is 1. The molecule has 0 aliphatic heterocycles. The summed E-state index contributed by atoms with van der Waals surface area (Å²) in [5.74, 6) is 0.279. The molecule has 4 heteroatoms. The molecular formula is C12H14O3S. The van der Waals surface area contributed by atoms with Crippen LogP contribution in [0.4, 0.5) is 0 Å². The topological polar surface area (TPSA) is 35.5 Å². The molecule has 0 spiro atoms. The summed E-state index contributed by atoms with van der Waals surface area (Å²) in [7, 11) is 0. The van der Waals surface area contributed by atoms with Crippen molar-refractivity contribution in [3.8, 4) is 5.75 Å². The van der Waals surface area contributed by atoms with Gasteiger partial charge >= 0.3 is 5.97 Å². The predicted octanol–water partition coefficient (Wildman–Crippen LogP) is 2.47. The maximum atomic E-state index is 10.9. The number of hydrogen-bond acceptors (Lipinski definition) is 4. The van der Waals surface area contributed by atoms with E-state index in [2.05, 4.69) is 19.2 Å². The average molecular weight is 238 g/mol. The highest BCUT2D eigenvalue weighted by Gasteiger charge is 2.06. The van der Waals surface area contributed by atoms with Gasteiger partial charge in [-0.1, -0.05) is 6.58 Å². The molecule has 0 aliphatic rings. The zero-order valence-corrected chi connectivity index (χ0v) is 9.94. The van der Waals surface area contributed by atoms with Crippen LogP contribution in [0.5, 0.6) is 5.75 Å². The average Bonchev–Trinajstić information content (AvgIpc) is 2.28.